The van der Waals surface area contributed by atoms with Crippen LogP contribution in [-0.2, 0) is 11.3 Å². The molecule has 142 valence electrons. The summed E-state index contributed by atoms with van der Waals surface area (Å²) in [6.07, 6.45) is 2.19. The maximum Gasteiger partial charge on any atom is 0.267 e. The zero-order valence-corrected chi connectivity index (χ0v) is 15.9. The number of benzene rings is 2. The largest absolute Gasteiger partial charge is 0.306 e. The normalized spacial score (nSPS) is 14.5. The fraction of sp³-hybridized carbons (Fsp3) is 0.261. The second-order valence-corrected chi connectivity index (χ2v) is 7.24. The van der Waals surface area contributed by atoms with E-state index in [1.165, 1.54) is 10.7 Å². The van der Waals surface area contributed by atoms with Crippen LogP contribution in [0.5, 0.6) is 0 Å². The van der Waals surface area contributed by atoms with Crippen LogP contribution in [0.1, 0.15) is 43.0 Å². The highest BCUT2D eigenvalue weighted by atomic mass is 16.2. The Kier molecular flexibility index (Phi) is 5.06. The molecule has 1 aliphatic carbocycles. The molecule has 4 rings (SSSR count). The van der Waals surface area contributed by atoms with Crippen LogP contribution in [0, 0.1) is 0 Å². The number of nitrogens with zero attached hydrogens (tertiary/aromatic N) is 3. The van der Waals surface area contributed by atoms with Crippen molar-refractivity contribution in [2.75, 3.05) is 4.90 Å². The van der Waals surface area contributed by atoms with Crippen LogP contribution >= 0.6 is 0 Å². The lowest BCUT2D eigenvalue weighted by Crippen LogP contribution is -2.40. The van der Waals surface area contributed by atoms with E-state index < -0.39 is 6.04 Å². The summed E-state index contributed by atoms with van der Waals surface area (Å²) in [7, 11) is 0. The molecule has 0 N–H and O–H groups in total. The highest BCUT2D eigenvalue weighted by molar-refractivity contribution is 5.95. The summed E-state index contributed by atoms with van der Waals surface area (Å²) in [5.41, 5.74) is 2.47. The van der Waals surface area contributed by atoms with Crippen LogP contribution in [0.25, 0.3) is 0 Å². The predicted molar refractivity (Wildman–Crippen MR) is 109 cm³/mol. The number of hydrogen-bond acceptors (Lipinski definition) is 3. The van der Waals surface area contributed by atoms with E-state index in [0.29, 0.717) is 12.5 Å². The standard InChI is InChI=1S/C23H23N3O2/c1-17(26-22(27)15-14-21(24-26)19-12-13-19)23(28)25(20-10-6-3-7-11-20)16-18-8-4-2-5-9-18/h2-11,14-15,17,19H,12-13,16H2,1H3. The van der Waals surface area contributed by atoms with Gasteiger partial charge in [0.15, 0.2) is 0 Å². The number of carbonyl (C=O) groups is 1. The lowest BCUT2D eigenvalue weighted by Gasteiger charge is -2.26. The van der Waals surface area contributed by atoms with Gasteiger partial charge in [-0.3, -0.25) is 9.59 Å². The van der Waals surface area contributed by atoms with Crippen molar-refractivity contribution in [2.45, 2.75) is 38.3 Å². The van der Waals surface area contributed by atoms with Gasteiger partial charge in [0.1, 0.15) is 6.04 Å². The van der Waals surface area contributed by atoms with Crippen molar-refractivity contribution in [1.29, 1.82) is 0 Å². The Morgan fingerprint density at radius 2 is 1.68 bits per heavy atom. The second-order valence-electron chi connectivity index (χ2n) is 7.24. The van der Waals surface area contributed by atoms with E-state index in [1.54, 1.807) is 17.9 Å². The van der Waals surface area contributed by atoms with E-state index in [0.717, 1.165) is 29.8 Å². The van der Waals surface area contributed by atoms with Gasteiger partial charge in [0.25, 0.3) is 11.5 Å². The molecule has 2 aromatic carbocycles. The summed E-state index contributed by atoms with van der Waals surface area (Å²) in [4.78, 5) is 27.6. The molecular formula is C23H23N3O2. The molecule has 28 heavy (non-hydrogen) atoms. The maximum absolute atomic E-state index is 13.4. The Balaban J connectivity index is 1.67. The minimum atomic E-state index is -0.685. The molecule has 1 amide bonds. The number of carbonyl (C=O) groups excluding carboxylic acids is 1. The van der Waals surface area contributed by atoms with E-state index >= 15 is 0 Å². The lowest BCUT2D eigenvalue weighted by atomic mass is 10.1. The van der Waals surface area contributed by atoms with Crippen LogP contribution in [0.3, 0.4) is 0 Å². The van der Waals surface area contributed by atoms with E-state index in [4.69, 9.17) is 0 Å². The number of amides is 1. The molecule has 1 saturated carbocycles. The fourth-order valence-electron chi connectivity index (χ4n) is 3.31. The zero-order chi connectivity index (χ0) is 19.5. The Labute approximate surface area is 164 Å². The third kappa shape index (κ3) is 3.88. The topological polar surface area (TPSA) is 55.2 Å². The van der Waals surface area contributed by atoms with Gasteiger partial charge in [-0.25, -0.2) is 4.68 Å². The van der Waals surface area contributed by atoms with Gasteiger partial charge < -0.3 is 4.90 Å². The van der Waals surface area contributed by atoms with Crippen molar-refractivity contribution >= 4 is 11.6 Å². The summed E-state index contributed by atoms with van der Waals surface area (Å²) in [6, 6.07) is 22.0. The summed E-state index contributed by atoms with van der Waals surface area (Å²) in [5.74, 6) is 0.265. The summed E-state index contributed by atoms with van der Waals surface area (Å²) < 4.78 is 1.33. The Morgan fingerprint density at radius 1 is 1.04 bits per heavy atom. The molecule has 1 fully saturated rings. The first-order chi connectivity index (χ1) is 13.6. The van der Waals surface area contributed by atoms with Crippen molar-refractivity contribution in [3.05, 3.63) is 94.4 Å². The third-order valence-electron chi connectivity index (χ3n) is 5.08. The molecule has 3 aromatic rings. The van der Waals surface area contributed by atoms with Crippen LogP contribution in [0.4, 0.5) is 5.69 Å². The average molecular weight is 373 g/mol. The molecule has 1 heterocycles. The summed E-state index contributed by atoms with van der Waals surface area (Å²) >= 11 is 0. The zero-order valence-electron chi connectivity index (χ0n) is 15.9. The third-order valence-corrected chi connectivity index (χ3v) is 5.08. The molecule has 1 aliphatic rings. The van der Waals surface area contributed by atoms with Crippen LogP contribution in [-0.4, -0.2) is 15.7 Å². The molecule has 0 bridgehead atoms. The SMILES string of the molecule is CC(C(=O)N(Cc1ccccc1)c1ccccc1)n1nc(C2CC2)ccc1=O. The Hall–Kier alpha value is -3.21. The molecule has 5 nitrogen and oxygen atoms in total. The van der Waals surface area contributed by atoms with E-state index in [9.17, 15) is 9.59 Å². The van der Waals surface area contributed by atoms with Gasteiger partial charge in [-0.15, -0.1) is 0 Å². The van der Waals surface area contributed by atoms with Crippen LogP contribution in [0.2, 0.25) is 0 Å². The second kappa shape index (κ2) is 7.80. The van der Waals surface area contributed by atoms with Crippen molar-refractivity contribution in [1.82, 2.24) is 9.78 Å². The molecule has 1 unspecified atom stereocenters. The van der Waals surface area contributed by atoms with Crippen molar-refractivity contribution < 1.29 is 4.79 Å². The first kappa shape index (κ1) is 18.2. The minimum Gasteiger partial charge on any atom is -0.306 e. The van der Waals surface area contributed by atoms with Crippen LogP contribution in [0.15, 0.2) is 77.6 Å². The average Bonchev–Trinajstić information content (AvgIpc) is 3.58. The van der Waals surface area contributed by atoms with Gasteiger partial charge in [0, 0.05) is 17.7 Å². The smallest absolute Gasteiger partial charge is 0.267 e. The van der Waals surface area contributed by atoms with Crippen molar-refractivity contribution in [3.8, 4) is 0 Å². The first-order valence-corrected chi connectivity index (χ1v) is 9.63. The molecule has 1 aromatic heterocycles. The van der Waals surface area contributed by atoms with Gasteiger partial charge in [-0.05, 0) is 43.5 Å². The highest BCUT2D eigenvalue weighted by Gasteiger charge is 2.29. The molecule has 0 radical (unpaired) electrons. The molecule has 0 spiro atoms. The minimum absolute atomic E-state index is 0.155. The number of hydrogen-bond donors (Lipinski definition) is 0. The molecule has 1 atom stereocenters. The van der Waals surface area contributed by atoms with Crippen molar-refractivity contribution in [2.24, 2.45) is 0 Å². The van der Waals surface area contributed by atoms with E-state index in [1.807, 2.05) is 60.7 Å². The van der Waals surface area contributed by atoms with E-state index in [2.05, 4.69) is 5.10 Å². The monoisotopic (exact) mass is 373 g/mol. The van der Waals surface area contributed by atoms with Gasteiger partial charge in [-0.1, -0.05) is 48.5 Å². The van der Waals surface area contributed by atoms with Gasteiger partial charge in [0.05, 0.1) is 12.2 Å². The lowest BCUT2D eigenvalue weighted by molar-refractivity contribution is -0.121. The summed E-state index contributed by atoms with van der Waals surface area (Å²) in [5, 5.41) is 4.50. The number of para-hydroxylation sites is 1. The molecule has 5 heteroatoms. The molecular weight excluding hydrogens is 350 g/mol. The predicted octanol–water partition coefficient (Wildman–Crippen LogP) is 3.92. The number of anilines is 1. The van der Waals surface area contributed by atoms with Gasteiger partial charge in [0.2, 0.25) is 0 Å². The highest BCUT2D eigenvalue weighted by Crippen LogP contribution is 2.38. The molecule has 0 aliphatic heterocycles. The number of aromatic nitrogens is 2. The maximum atomic E-state index is 13.4. The quantitative estimate of drug-likeness (QED) is 0.658. The van der Waals surface area contributed by atoms with E-state index in [-0.39, 0.29) is 11.5 Å². The first-order valence-electron chi connectivity index (χ1n) is 9.63. The summed E-state index contributed by atoms with van der Waals surface area (Å²) in [6.45, 7) is 2.18. The van der Waals surface area contributed by atoms with Gasteiger partial charge >= 0.3 is 0 Å². The van der Waals surface area contributed by atoms with Crippen LogP contribution < -0.4 is 10.5 Å². The van der Waals surface area contributed by atoms with Gasteiger partial charge in [-0.2, -0.15) is 5.10 Å². The Morgan fingerprint density at radius 3 is 2.32 bits per heavy atom. The number of rotatable bonds is 6. The van der Waals surface area contributed by atoms with Crippen molar-refractivity contribution in [3.63, 3.8) is 0 Å². The molecule has 0 saturated heterocycles. The fourth-order valence-corrected chi connectivity index (χ4v) is 3.31. The Bertz CT molecular complexity index is 1010.